The zero-order chi connectivity index (χ0) is 80.7. The summed E-state index contributed by atoms with van der Waals surface area (Å²) in [4.78, 5) is 34.7. The summed E-state index contributed by atoms with van der Waals surface area (Å²) < 4.78 is 136. The van der Waals surface area contributed by atoms with E-state index in [0.29, 0.717) is 89.4 Å². The van der Waals surface area contributed by atoms with Gasteiger partial charge in [-0.15, -0.1) is 0 Å². The molecule has 0 spiro atoms. The summed E-state index contributed by atoms with van der Waals surface area (Å²) in [6.07, 6.45) is 32.2. The van der Waals surface area contributed by atoms with Gasteiger partial charge in [-0.3, -0.25) is 9.11 Å². The predicted octanol–water partition coefficient (Wildman–Crippen LogP) is 17.6. The van der Waals surface area contributed by atoms with Crippen molar-refractivity contribution >= 4 is 135 Å². The van der Waals surface area contributed by atoms with E-state index in [0.717, 1.165) is 89.4 Å². The van der Waals surface area contributed by atoms with Crippen molar-refractivity contribution in [1.29, 1.82) is 0 Å². The van der Waals surface area contributed by atoms with Gasteiger partial charge in [0.25, 0.3) is 20.2 Å². The molecule has 0 fully saturated rings. The molecule has 0 unspecified atom stereocenters. The third-order valence-electron chi connectivity index (χ3n) is 20.4. The van der Waals surface area contributed by atoms with Crippen molar-refractivity contribution in [2.24, 2.45) is 28.2 Å². The molecule has 10 aromatic heterocycles. The third kappa shape index (κ3) is 16.3. The molecule has 12 N–H and O–H groups in total. The topological polar surface area (TPSA) is 360 Å². The molecule has 4 aliphatic rings. The van der Waals surface area contributed by atoms with Crippen molar-refractivity contribution < 1.29 is 106 Å². The van der Waals surface area contributed by atoms with Crippen LogP contribution in [0.25, 0.3) is 182 Å². The number of aromatic nitrogens is 12. The Kier molecular flexibility index (Phi) is 22.1. The van der Waals surface area contributed by atoms with E-state index in [2.05, 4.69) is 167 Å². The number of nitrogens with one attached hydrogen (secondary N) is 4. The van der Waals surface area contributed by atoms with Gasteiger partial charge in [0.15, 0.2) is 49.6 Å². The molecule has 4 aliphatic heterocycles. The smallest absolute Gasteiger partial charge is 0.294 e. The summed E-state index contributed by atoms with van der Waals surface area (Å²) in [7, 11) is -9.00. The maximum Gasteiger partial charge on any atom is 0.294 e. The van der Waals surface area contributed by atoms with Crippen LogP contribution in [0.5, 0.6) is 0 Å². The minimum Gasteiger partial charge on any atom is -0.354 e. The molecule has 4 aromatic carbocycles. The molecular weight excluding hydrogens is 1670 g/mol. The zero-order valence-corrected chi connectivity index (χ0v) is 67.9. The number of fused-ring (bicyclic) bond motifs is 16. The molecule has 0 amide bonds. The molecule has 18 rings (SSSR count). The van der Waals surface area contributed by atoms with Gasteiger partial charge in [-0.2, -0.15) is 16.8 Å². The van der Waals surface area contributed by atoms with Crippen molar-refractivity contribution in [3.8, 4) is 89.0 Å². The Morgan fingerprint density at radius 1 is 0.220 bits per heavy atom. The summed E-state index contributed by atoms with van der Waals surface area (Å²) in [5.41, 5.74) is 23.9. The number of pyridine rings is 4. The van der Waals surface area contributed by atoms with Crippen LogP contribution in [-0.2, 0) is 82.6 Å². The van der Waals surface area contributed by atoms with E-state index in [1.165, 1.54) is 72.8 Å². The van der Waals surface area contributed by atoms with Crippen LogP contribution in [0.4, 0.5) is 0 Å². The summed E-state index contributed by atoms with van der Waals surface area (Å²) in [6, 6.07) is 56.0. The van der Waals surface area contributed by atoms with Crippen LogP contribution in [0.15, 0.2) is 263 Å². The first kappa shape index (κ1) is 81.2. The summed E-state index contributed by atoms with van der Waals surface area (Å²) >= 11 is 0. The fourth-order valence-electron chi connectivity index (χ4n) is 14.7. The third-order valence-corrected chi connectivity index (χ3v) is 23.9. The maximum absolute atomic E-state index is 12.0. The van der Waals surface area contributed by atoms with E-state index in [1.54, 1.807) is 72.8 Å². The number of hydrogen-bond donors (Lipinski definition) is 12. The molecule has 2 radical (unpaired) electrons. The van der Waals surface area contributed by atoms with Gasteiger partial charge >= 0.3 is 0 Å². The van der Waals surface area contributed by atoms with Gasteiger partial charge in [0.1, 0.15) is 49.9 Å². The molecule has 16 bridgehead atoms. The first-order valence-corrected chi connectivity index (χ1v) is 42.0. The first-order valence-electron chi connectivity index (χ1n) is 36.1. The number of benzene rings is 4. The number of H-pyrrole nitrogens is 4. The second-order valence-corrected chi connectivity index (χ2v) is 34.0. The van der Waals surface area contributed by atoms with Gasteiger partial charge in [0.05, 0.1) is 65.1 Å². The molecule has 24 nitrogen and oxygen atoms in total. The van der Waals surface area contributed by atoms with Crippen molar-refractivity contribution in [1.82, 2.24) is 39.9 Å². The Labute approximate surface area is 700 Å². The summed E-state index contributed by atoms with van der Waals surface area (Å²) in [5, 5.41) is 0. The van der Waals surface area contributed by atoms with Crippen molar-refractivity contribution in [3.05, 3.63) is 289 Å². The quantitative estimate of drug-likeness (QED) is 0.0307. The van der Waals surface area contributed by atoms with E-state index in [4.69, 9.17) is 19.9 Å². The minimum atomic E-state index is -4.53. The van der Waals surface area contributed by atoms with Crippen LogP contribution < -0.4 is 18.3 Å². The SMILES string of the molecule is C[n+]1ccc(-c2c3nc(c(-c4cc[n+](C)cc4)c4ccc([nH]4)c(-c4cc[n+](C)cc4)c4nc(c(-c5cc[n+](C)cc5)c5ccc2[nH]5)C=C4)C=C3)cc1.O=S(=O)(O)c1ccc(-c2c3nc(c(-c4ccc(S(O)(O)O)cc4)c4ccc([nH]4)c(-c4ccc(S(O)(O)O)cc4)c4nc(c(-c5ccc(S(=O)(=O)O)cc5)c5ccc2[nH]5)C=C4)C=C3)cc1.[Cu].[Cu]. The van der Waals surface area contributed by atoms with E-state index in [-0.39, 0.29) is 53.7 Å². The Balaban J connectivity index is 0.000000185. The zero-order valence-electron chi connectivity index (χ0n) is 62.7. The fourth-order valence-corrected chi connectivity index (χ4v) is 16.7. The van der Waals surface area contributed by atoms with Crippen LogP contribution in [0.2, 0.25) is 0 Å². The number of aromatic amines is 4. The Bertz CT molecular complexity index is 6490. The van der Waals surface area contributed by atoms with Crippen molar-refractivity contribution in [2.45, 2.75) is 19.6 Å². The van der Waals surface area contributed by atoms with Crippen LogP contribution >= 0.6 is 21.7 Å². The Morgan fingerprint density at radius 3 is 0.508 bits per heavy atom. The van der Waals surface area contributed by atoms with Gasteiger partial charge in [-0.05, 0) is 190 Å². The van der Waals surface area contributed by atoms with Crippen molar-refractivity contribution in [2.75, 3.05) is 0 Å². The molecule has 118 heavy (non-hydrogen) atoms. The molecule has 0 aliphatic carbocycles. The van der Waals surface area contributed by atoms with Gasteiger partial charge in [0.2, 0.25) is 0 Å². The Hall–Kier alpha value is -12.0. The molecule has 0 atom stereocenters. The molecule has 0 saturated carbocycles. The number of aryl methyl sites for hydroxylation is 4. The second-order valence-electron chi connectivity index (χ2n) is 28.1. The predicted molar refractivity (Wildman–Crippen MR) is 453 cm³/mol. The molecule has 14 heterocycles. The van der Waals surface area contributed by atoms with Crippen LogP contribution in [-0.4, -0.2) is 93.1 Å². The minimum absolute atomic E-state index is 0. The molecule has 598 valence electrons. The fraction of sp³-hybridized carbons (Fsp3) is 0.0455. The summed E-state index contributed by atoms with van der Waals surface area (Å²) in [5.74, 6) is 0. The van der Waals surface area contributed by atoms with Crippen LogP contribution in [0.1, 0.15) is 45.6 Å². The van der Waals surface area contributed by atoms with Gasteiger partial charge in [-0.1, -0.05) is 48.5 Å². The molecular formula is C88H72Cu2N12O12S4+4. The van der Waals surface area contributed by atoms with Crippen LogP contribution in [0, 0.1) is 0 Å². The summed E-state index contributed by atoms with van der Waals surface area (Å²) in [6.45, 7) is 0. The van der Waals surface area contributed by atoms with Gasteiger partial charge in [-0.25, -0.2) is 38.2 Å². The second kappa shape index (κ2) is 32.1. The standard InChI is InChI=1S/C44H37N8.C44H34N4O12S4.2Cu/c1-49-21-13-29(14-22-49)41-33-5-7-35(45-33)42(30-15-23-50(2)24-16-30)37-9-11-39(47-37)44(32-19-27-52(4)28-20-32)40-12-10-38(48-40)43(36-8-6-34(41)46-36)31-17-25-51(3)26-18-31;49-61(50,51)29-9-1-25(2-10-29)41-33-17-19-35(45-33)42(26-3-11-30(12-4-26)62(52,53)54)37-21-23-39(47-37)44(28-7-15-32(16-8-28)64(58,59)60)40-24-22-38(48-40)43(36-20-18-34(41)46-36)27-5-13-31(14-6-27)63(55,56)57;;/h5-28H,1-4H3,(H,45,46,47,48);1-24,45,48-54H,(H,55,56,57)(H,58,59,60);;/q+3;;;/p+1. The largest absolute Gasteiger partial charge is 0.354 e. The average molecular weight is 1740 g/mol. The number of rotatable bonds is 12. The average Bonchev–Trinajstić information content (AvgIpc) is 1.61. The molecule has 30 heteroatoms. The maximum atomic E-state index is 12.0. The molecule has 14 aromatic rings. The van der Waals surface area contributed by atoms with Crippen molar-refractivity contribution in [3.63, 3.8) is 0 Å². The normalized spacial score (nSPS) is 12.7. The number of hydrogen-bond acceptors (Lipinski definition) is 14. The van der Waals surface area contributed by atoms with Gasteiger partial charge in [0, 0.05) is 171 Å². The monoisotopic (exact) mass is 1740 g/mol. The van der Waals surface area contributed by atoms with E-state index < -0.39 is 42.0 Å². The van der Waals surface area contributed by atoms with E-state index in [1.807, 2.05) is 46.5 Å². The Morgan fingerprint density at radius 2 is 0.364 bits per heavy atom. The van der Waals surface area contributed by atoms with E-state index >= 15 is 0 Å². The number of nitrogens with zero attached hydrogens (tertiary/aromatic N) is 8. The van der Waals surface area contributed by atoms with Crippen LogP contribution in [0.3, 0.4) is 0 Å². The van der Waals surface area contributed by atoms with Gasteiger partial charge < -0.3 is 47.3 Å². The van der Waals surface area contributed by atoms with E-state index in [9.17, 15) is 53.3 Å². The molecule has 0 saturated heterocycles. The first-order chi connectivity index (χ1) is 55.6.